The Balaban J connectivity index is 1.33. The number of carbonyl (C=O) groups excluding carboxylic acids is 2. The molecule has 172 valence electrons. The average Bonchev–Trinajstić information content (AvgIpc) is 3.15. The van der Waals surface area contributed by atoms with Crippen LogP contribution in [-0.4, -0.2) is 29.6 Å². The van der Waals surface area contributed by atoms with Crippen LogP contribution in [0.3, 0.4) is 0 Å². The SMILES string of the molecule is COC(=O)C1CC2(CC(NC(=O)c3ccc(F)c4ccn(Cc5ccc(Br)cc5F)c34)C2)C1. The predicted octanol–water partition coefficient (Wildman–Crippen LogP) is 5.19. The van der Waals surface area contributed by atoms with Gasteiger partial charge < -0.3 is 14.6 Å². The minimum Gasteiger partial charge on any atom is -0.469 e. The van der Waals surface area contributed by atoms with Crippen LogP contribution in [0.15, 0.2) is 47.1 Å². The van der Waals surface area contributed by atoms with Crippen LogP contribution in [0.25, 0.3) is 10.9 Å². The molecule has 2 aromatic carbocycles. The van der Waals surface area contributed by atoms with Gasteiger partial charge in [-0.15, -0.1) is 0 Å². The molecule has 5 rings (SSSR count). The number of carbonyl (C=O) groups is 2. The van der Waals surface area contributed by atoms with E-state index in [2.05, 4.69) is 21.2 Å². The first-order chi connectivity index (χ1) is 15.8. The van der Waals surface area contributed by atoms with Crippen molar-refractivity contribution in [2.24, 2.45) is 11.3 Å². The second-order valence-corrected chi connectivity index (χ2v) is 10.2. The van der Waals surface area contributed by atoms with E-state index in [1.54, 1.807) is 29.0 Å². The van der Waals surface area contributed by atoms with Crippen LogP contribution in [-0.2, 0) is 16.1 Å². The van der Waals surface area contributed by atoms with E-state index >= 15 is 0 Å². The number of rotatable bonds is 5. The van der Waals surface area contributed by atoms with Gasteiger partial charge in [0.1, 0.15) is 11.6 Å². The highest BCUT2D eigenvalue weighted by Gasteiger charge is 2.55. The quantitative estimate of drug-likeness (QED) is 0.474. The van der Waals surface area contributed by atoms with E-state index in [9.17, 15) is 18.4 Å². The number of aromatic nitrogens is 1. The Labute approximate surface area is 198 Å². The molecule has 5 nitrogen and oxygen atoms in total. The van der Waals surface area contributed by atoms with Crippen molar-refractivity contribution < 1.29 is 23.1 Å². The molecule has 0 saturated heterocycles. The molecule has 0 atom stereocenters. The molecular weight excluding hydrogens is 494 g/mol. The van der Waals surface area contributed by atoms with Gasteiger partial charge in [-0.05, 0) is 61.4 Å². The molecule has 0 radical (unpaired) electrons. The monoisotopic (exact) mass is 516 g/mol. The van der Waals surface area contributed by atoms with Crippen LogP contribution < -0.4 is 5.32 Å². The van der Waals surface area contributed by atoms with Crippen molar-refractivity contribution in [3.63, 3.8) is 0 Å². The first-order valence-electron chi connectivity index (χ1n) is 10.9. The number of ether oxygens (including phenoxy) is 1. The van der Waals surface area contributed by atoms with Crippen LogP contribution in [0.1, 0.15) is 41.6 Å². The third-order valence-electron chi connectivity index (χ3n) is 7.06. The molecule has 1 amide bonds. The van der Waals surface area contributed by atoms with Crippen molar-refractivity contribution in [3.05, 3.63) is 69.8 Å². The number of benzene rings is 2. The van der Waals surface area contributed by atoms with Gasteiger partial charge in [0.15, 0.2) is 0 Å². The number of hydrogen-bond donors (Lipinski definition) is 1. The highest BCUT2D eigenvalue weighted by molar-refractivity contribution is 9.10. The van der Waals surface area contributed by atoms with E-state index in [1.807, 2.05) is 0 Å². The van der Waals surface area contributed by atoms with Crippen LogP contribution in [0, 0.1) is 23.0 Å². The number of amides is 1. The summed E-state index contributed by atoms with van der Waals surface area (Å²) in [6.45, 7) is 0.174. The van der Waals surface area contributed by atoms with Gasteiger partial charge in [0, 0.05) is 27.7 Å². The lowest BCUT2D eigenvalue weighted by atomic mass is 9.50. The Morgan fingerprint density at radius 3 is 2.58 bits per heavy atom. The number of nitrogens with one attached hydrogen (secondary N) is 1. The zero-order valence-corrected chi connectivity index (χ0v) is 19.6. The largest absolute Gasteiger partial charge is 0.469 e. The normalized spacial score (nSPS) is 23.8. The Hall–Kier alpha value is -2.74. The van der Waals surface area contributed by atoms with Gasteiger partial charge in [0.2, 0.25) is 0 Å². The second kappa shape index (κ2) is 8.24. The minimum atomic E-state index is -0.428. The van der Waals surface area contributed by atoms with Crippen molar-refractivity contribution >= 4 is 38.7 Å². The lowest BCUT2D eigenvalue weighted by molar-refractivity contribution is -0.159. The maximum atomic E-state index is 14.5. The van der Waals surface area contributed by atoms with Crippen LogP contribution in [0.5, 0.6) is 0 Å². The lowest BCUT2D eigenvalue weighted by Crippen LogP contribution is -2.57. The van der Waals surface area contributed by atoms with Gasteiger partial charge in [-0.2, -0.15) is 0 Å². The average molecular weight is 517 g/mol. The van der Waals surface area contributed by atoms with Gasteiger partial charge in [-0.1, -0.05) is 22.0 Å². The fourth-order valence-electron chi connectivity index (χ4n) is 5.44. The topological polar surface area (TPSA) is 60.3 Å². The van der Waals surface area contributed by atoms with Crippen molar-refractivity contribution in [2.45, 2.75) is 38.3 Å². The van der Waals surface area contributed by atoms with Crippen LogP contribution in [0.2, 0.25) is 0 Å². The standard InChI is InChI=1S/C25H23BrF2N2O3/c1-33-24(32)15-9-25(10-15)11-17(12-25)29-23(31)19-4-5-20(27)18-6-7-30(22(18)19)13-14-2-3-16(26)8-21(14)28/h2-8,15,17H,9-13H2,1H3,(H,29,31). The van der Waals surface area contributed by atoms with E-state index in [0.717, 1.165) is 25.7 Å². The third kappa shape index (κ3) is 3.94. The van der Waals surface area contributed by atoms with Crippen LogP contribution in [0.4, 0.5) is 8.78 Å². The summed E-state index contributed by atoms with van der Waals surface area (Å²) >= 11 is 3.25. The summed E-state index contributed by atoms with van der Waals surface area (Å²) in [6.07, 6.45) is 4.91. The Kier molecular flexibility index (Phi) is 5.51. The molecule has 8 heteroatoms. The molecule has 2 aliphatic carbocycles. The molecule has 2 saturated carbocycles. The van der Waals surface area contributed by atoms with E-state index in [4.69, 9.17) is 4.74 Å². The molecule has 1 heterocycles. The maximum absolute atomic E-state index is 14.5. The van der Waals surface area contributed by atoms with E-state index in [-0.39, 0.29) is 41.6 Å². The molecule has 1 spiro atoms. The first kappa shape index (κ1) is 22.1. The molecule has 1 N–H and O–H groups in total. The van der Waals surface area contributed by atoms with Gasteiger partial charge >= 0.3 is 5.97 Å². The fraction of sp³-hybridized carbons (Fsp3) is 0.360. The fourth-order valence-corrected chi connectivity index (χ4v) is 5.78. The molecule has 3 aromatic rings. The predicted molar refractivity (Wildman–Crippen MR) is 123 cm³/mol. The zero-order valence-electron chi connectivity index (χ0n) is 18.0. The summed E-state index contributed by atoms with van der Waals surface area (Å²) in [5.74, 6) is -1.28. The summed E-state index contributed by atoms with van der Waals surface area (Å²) in [5, 5.41) is 3.38. The molecule has 33 heavy (non-hydrogen) atoms. The molecule has 0 bridgehead atoms. The van der Waals surface area contributed by atoms with Gasteiger partial charge in [0.05, 0.1) is 30.7 Å². The number of fused-ring (bicyclic) bond motifs is 1. The lowest BCUT2D eigenvalue weighted by Gasteiger charge is -2.56. The molecule has 0 unspecified atom stereocenters. The highest BCUT2D eigenvalue weighted by Crippen LogP contribution is 2.59. The number of methoxy groups -OCH3 is 1. The Morgan fingerprint density at radius 1 is 1.12 bits per heavy atom. The molecule has 1 aromatic heterocycles. The second-order valence-electron chi connectivity index (χ2n) is 9.24. The number of hydrogen-bond acceptors (Lipinski definition) is 3. The molecule has 2 aliphatic rings. The number of esters is 1. The van der Waals surface area contributed by atoms with E-state index in [0.29, 0.717) is 26.5 Å². The van der Waals surface area contributed by atoms with Crippen molar-refractivity contribution in [1.29, 1.82) is 0 Å². The Bertz CT molecular complexity index is 1260. The zero-order chi connectivity index (χ0) is 23.3. The van der Waals surface area contributed by atoms with Crippen LogP contribution >= 0.6 is 15.9 Å². The molecule has 2 fully saturated rings. The van der Waals surface area contributed by atoms with E-state index in [1.165, 1.54) is 25.3 Å². The number of halogens is 3. The summed E-state index contributed by atoms with van der Waals surface area (Å²) < 4.78 is 36.0. The van der Waals surface area contributed by atoms with Crippen molar-refractivity contribution in [1.82, 2.24) is 9.88 Å². The molecular formula is C25H23BrF2N2O3. The summed E-state index contributed by atoms with van der Waals surface area (Å²) in [6, 6.07) is 9.19. The van der Waals surface area contributed by atoms with Crippen molar-refractivity contribution in [2.75, 3.05) is 7.11 Å². The third-order valence-corrected chi connectivity index (χ3v) is 7.55. The summed E-state index contributed by atoms with van der Waals surface area (Å²) in [4.78, 5) is 24.8. The smallest absolute Gasteiger partial charge is 0.308 e. The first-order valence-corrected chi connectivity index (χ1v) is 11.7. The Morgan fingerprint density at radius 2 is 1.88 bits per heavy atom. The van der Waals surface area contributed by atoms with E-state index < -0.39 is 5.82 Å². The summed E-state index contributed by atoms with van der Waals surface area (Å²) in [7, 11) is 1.40. The van der Waals surface area contributed by atoms with Gasteiger partial charge in [-0.25, -0.2) is 8.78 Å². The minimum absolute atomic E-state index is 0.0172. The molecule has 0 aliphatic heterocycles. The van der Waals surface area contributed by atoms with Gasteiger partial charge in [-0.3, -0.25) is 9.59 Å². The summed E-state index contributed by atoms with van der Waals surface area (Å²) in [5.41, 5.74) is 1.36. The van der Waals surface area contributed by atoms with Crippen molar-refractivity contribution in [3.8, 4) is 0 Å². The van der Waals surface area contributed by atoms with Gasteiger partial charge in [0.25, 0.3) is 5.91 Å². The number of nitrogens with zero attached hydrogens (tertiary/aromatic N) is 1. The maximum Gasteiger partial charge on any atom is 0.308 e. The highest BCUT2D eigenvalue weighted by atomic mass is 79.9.